The van der Waals surface area contributed by atoms with Crippen molar-refractivity contribution in [2.45, 2.75) is 6.92 Å². The lowest BCUT2D eigenvalue weighted by Gasteiger charge is -2.12. The minimum Gasteiger partial charge on any atom is -0.496 e. The van der Waals surface area contributed by atoms with Gasteiger partial charge in [0.1, 0.15) is 11.6 Å². The number of methoxy groups -OCH3 is 2. The van der Waals surface area contributed by atoms with Crippen molar-refractivity contribution in [3.8, 4) is 23.1 Å². The Labute approximate surface area is 156 Å². The fraction of sp³-hybridized carbons (Fsp3) is 0.250. The summed E-state index contributed by atoms with van der Waals surface area (Å²) in [5.74, 6) is 0.732. The lowest BCUT2D eigenvalue weighted by Crippen LogP contribution is -2.37. The van der Waals surface area contributed by atoms with Crippen molar-refractivity contribution < 1.29 is 31.6 Å². The van der Waals surface area contributed by atoms with Crippen LogP contribution in [0.25, 0.3) is 0 Å². The zero-order valence-electron chi connectivity index (χ0n) is 14.9. The Hall–Kier alpha value is -3.21. The van der Waals surface area contributed by atoms with E-state index in [4.69, 9.17) is 18.4 Å². The van der Waals surface area contributed by atoms with Gasteiger partial charge in [0.05, 0.1) is 20.8 Å². The maximum atomic E-state index is 12.1. The van der Waals surface area contributed by atoms with Crippen molar-refractivity contribution in [2.24, 2.45) is 0 Å². The third kappa shape index (κ3) is 5.92. The van der Waals surface area contributed by atoms with E-state index in [-0.39, 0.29) is 23.2 Å². The summed E-state index contributed by atoms with van der Waals surface area (Å²) in [6, 6.07) is 7.98. The maximum absolute atomic E-state index is 12.1. The third-order valence-electron chi connectivity index (χ3n) is 3.03. The number of nitrogens with one attached hydrogen (secondary N) is 2. The van der Waals surface area contributed by atoms with E-state index >= 15 is 0 Å². The Morgan fingerprint density at radius 3 is 2.44 bits per heavy atom. The summed E-state index contributed by atoms with van der Waals surface area (Å²) < 4.78 is 46.1. The molecule has 2 aromatic rings. The highest BCUT2D eigenvalue weighted by Crippen LogP contribution is 2.27. The van der Waals surface area contributed by atoms with E-state index in [1.54, 1.807) is 29.8 Å². The number of hydrogen-bond donors (Lipinski definition) is 2. The first kappa shape index (κ1) is 20.1. The Kier molecular flexibility index (Phi) is 6.66. The zero-order valence-corrected chi connectivity index (χ0v) is 15.7. The van der Waals surface area contributed by atoms with Gasteiger partial charge in [-0.15, -0.1) is 0 Å². The van der Waals surface area contributed by atoms with Crippen LogP contribution >= 0.6 is 0 Å². The quantitative estimate of drug-likeness (QED) is 0.692. The molecule has 2 rings (SSSR count). The van der Waals surface area contributed by atoms with Gasteiger partial charge in [0.25, 0.3) is 0 Å². The molecule has 10 nitrogen and oxygen atoms in total. The molecule has 0 atom stereocenters. The van der Waals surface area contributed by atoms with Crippen LogP contribution in [0.5, 0.6) is 23.1 Å². The van der Waals surface area contributed by atoms with E-state index in [0.717, 1.165) is 0 Å². The van der Waals surface area contributed by atoms with Crippen molar-refractivity contribution in [1.29, 1.82) is 0 Å². The molecule has 0 unspecified atom stereocenters. The highest BCUT2D eigenvalue weighted by atomic mass is 32.2. The molecule has 1 aromatic heterocycles. The number of aromatic nitrogens is 1. The van der Waals surface area contributed by atoms with Crippen molar-refractivity contribution >= 4 is 22.2 Å². The maximum Gasteiger partial charge on any atom is 0.411 e. The van der Waals surface area contributed by atoms with E-state index in [0.29, 0.717) is 12.4 Å². The molecule has 0 saturated heterocycles. The van der Waals surface area contributed by atoms with Gasteiger partial charge in [0.2, 0.25) is 5.88 Å². The van der Waals surface area contributed by atoms with E-state index in [9.17, 15) is 13.2 Å². The van der Waals surface area contributed by atoms with Crippen LogP contribution in [0.15, 0.2) is 36.4 Å². The number of pyridine rings is 1. The number of ether oxygens (including phenoxy) is 3. The lowest BCUT2D eigenvalue weighted by molar-refractivity contribution is 0.255. The van der Waals surface area contributed by atoms with E-state index in [2.05, 4.69) is 10.3 Å². The van der Waals surface area contributed by atoms with Gasteiger partial charge in [-0.3, -0.25) is 5.32 Å². The van der Waals surface area contributed by atoms with Crippen LogP contribution in [0, 0.1) is 0 Å². The topological polar surface area (TPSA) is 125 Å². The van der Waals surface area contributed by atoms with E-state index < -0.39 is 16.3 Å². The fourth-order valence-electron chi connectivity index (χ4n) is 1.96. The number of amides is 2. The summed E-state index contributed by atoms with van der Waals surface area (Å²) in [6.45, 7) is 2.06. The molecule has 1 aromatic carbocycles. The second-order valence-corrected chi connectivity index (χ2v) is 6.19. The number of nitrogens with zero attached hydrogens (tertiary/aromatic N) is 1. The molecule has 0 bridgehead atoms. The third-order valence-corrected chi connectivity index (χ3v) is 3.86. The zero-order chi connectivity index (χ0) is 19.9. The molecular weight excluding hydrogens is 378 g/mol. The number of hydrogen-bond acceptors (Lipinski definition) is 8. The fourth-order valence-corrected chi connectivity index (χ4v) is 2.65. The summed E-state index contributed by atoms with van der Waals surface area (Å²) in [5, 5.41) is 2.26. The molecule has 2 N–H and O–H groups in total. The van der Waals surface area contributed by atoms with Crippen LogP contribution in [0.4, 0.5) is 10.6 Å². The minimum absolute atomic E-state index is 0.0219. The summed E-state index contributed by atoms with van der Waals surface area (Å²) in [4.78, 5) is 16.0. The molecule has 0 aliphatic rings. The first-order valence-electron chi connectivity index (χ1n) is 7.72. The monoisotopic (exact) mass is 397 g/mol. The standard InChI is InChI=1S/C16H19N3O7S/c1-4-25-12-7-5-6-8-13(12)26-27(21,22)19-16(20)18-14-9-11(23-2)10-15(17-14)24-3/h5-10H,4H2,1-3H3,(H2,17,18,19,20). The Morgan fingerprint density at radius 1 is 1.11 bits per heavy atom. The van der Waals surface area contributed by atoms with Crippen LogP contribution in [0.2, 0.25) is 0 Å². The van der Waals surface area contributed by atoms with E-state index in [1.165, 1.54) is 32.4 Å². The van der Waals surface area contributed by atoms with Gasteiger partial charge in [-0.1, -0.05) is 12.1 Å². The van der Waals surface area contributed by atoms with Crippen LogP contribution in [0.3, 0.4) is 0 Å². The number of rotatable bonds is 8. The van der Waals surface area contributed by atoms with Crippen LogP contribution in [0.1, 0.15) is 6.92 Å². The average Bonchev–Trinajstić information content (AvgIpc) is 2.62. The molecule has 0 aliphatic carbocycles. The van der Waals surface area contributed by atoms with Crippen LogP contribution < -0.4 is 28.4 Å². The number of anilines is 1. The molecule has 146 valence electrons. The smallest absolute Gasteiger partial charge is 0.411 e. The van der Waals surface area contributed by atoms with E-state index in [1.807, 2.05) is 0 Å². The largest absolute Gasteiger partial charge is 0.496 e. The van der Waals surface area contributed by atoms with Gasteiger partial charge in [0, 0.05) is 12.1 Å². The van der Waals surface area contributed by atoms with Gasteiger partial charge in [-0.2, -0.15) is 13.4 Å². The average molecular weight is 397 g/mol. The number of para-hydroxylation sites is 2. The molecule has 0 fully saturated rings. The highest BCUT2D eigenvalue weighted by molar-refractivity contribution is 7.85. The van der Waals surface area contributed by atoms with Crippen molar-refractivity contribution in [2.75, 3.05) is 26.1 Å². The second-order valence-electron chi connectivity index (χ2n) is 4.91. The SMILES string of the molecule is CCOc1ccccc1OS(=O)(=O)NC(=O)Nc1cc(OC)cc(OC)n1. The van der Waals surface area contributed by atoms with Crippen molar-refractivity contribution in [3.05, 3.63) is 36.4 Å². The Morgan fingerprint density at radius 2 is 1.81 bits per heavy atom. The second kappa shape index (κ2) is 8.94. The van der Waals surface area contributed by atoms with Crippen molar-refractivity contribution in [3.63, 3.8) is 0 Å². The predicted octanol–water partition coefficient (Wildman–Crippen LogP) is 1.94. The molecule has 27 heavy (non-hydrogen) atoms. The molecule has 11 heteroatoms. The molecule has 0 spiro atoms. The predicted molar refractivity (Wildman–Crippen MR) is 96.7 cm³/mol. The summed E-state index contributed by atoms with van der Waals surface area (Å²) in [6.07, 6.45) is 0. The summed E-state index contributed by atoms with van der Waals surface area (Å²) in [5.41, 5.74) is 0. The Bertz CT molecular complexity index is 880. The van der Waals surface area contributed by atoms with Gasteiger partial charge < -0.3 is 18.4 Å². The number of urea groups is 1. The van der Waals surface area contributed by atoms with Gasteiger partial charge in [-0.25, -0.2) is 9.52 Å². The first-order valence-corrected chi connectivity index (χ1v) is 9.12. The Balaban J connectivity index is 2.09. The van der Waals surface area contributed by atoms with Gasteiger partial charge in [0.15, 0.2) is 11.5 Å². The number of benzene rings is 1. The summed E-state index contributed by atoms with van der Waals surface area (Å²) in [7, 11) is -1.65. The van der Waals surface area contributed by atoms with Gasteiger partial charge >= 0.3 is 16.3 Å². The van der Waals surface area contributed by atoms with Crippen molar-refractivity contribution in [1.82, 2.24) is 9.71 Å². The highest BCUT2D eigenvalue weighted by Gasteiger charge is 2.20. The molecule has 2 amide bonds. The molecule has 0 saturated carbocycles. The van der Waals surface area contributed by atoms with Crippen LogP contribution in [-0.4, -0.2) is 40.3 Å². The normalized spacial score (nSPS) is 10.6. The molecule has 0 aliphatic heterocycles. The minimum atomic E-state index is -4.46. The molecule has 1 heterocycles. The molecular formula is C16H19N3O7S. The molecule has 0 radical (unpaired) electrons. The van der Waals surface area contributed by atoms with Crippen LogP contribution in [-0.2, 0) is 10.3 Å². The van der Waals surface area contributed by atoms with Gasteiger partial charge in [-0.05, 0) is 19.1 Å². The lowest BCUT2D eigenvalue weighted by atomic mass is 10.3. The number of carbonyl (C=O) groups excluding carboxylic acids is 1. The number of carbonyl (C=O) groups is 1. The summed E-state index contributed by atoms with van der Waals surface area (Å²) >= 11 is 0. The first-order chi connectivity index (χ1) is 12.9.